The molecular formula is C54H32O. The van der Waals surface area contributed by atoms with Crippen LogP contribution in [0, 0.1) is 0 Å². The van der Waals surface area contributed by atoms with E-state index < -0.39 is 10.8 Å². The molecule has 0 N–H and O–H groups in total. The molecule has 1 nitrogen and oxygen atoms in total. The molecule has 4 aliphatic rings. The second kappa shape index (κ2) is 10.4. The molecule has 2 spiro atoms. The highest BCUT2D eigenvalue weighted by atomic mass is 16.5. The molecule has 13 rings (SSSR count). The lowest BCUT2D eigenvalue weighted by Gasteiger charge is -2.40. The molecular weight excluding hydrogens is 665 g/mol. The van der Waals surface area contributed by atoms with E-state index >= 15 is 0 Å². The van der Waals surface area contributed by atoms with Gasteiger partial charge in [0.25, 0.3) is 0 Å². The topological polar surface area (TPSA) is 9.23 Å². The smallest absolute Gasteiger partial charge is 0.140 e. The van der Waals surface area contributed by atoms with Crippen LogP contribution in [0.5, 0.6) is 11.5 Å². The first-order chi connectivity index (χ1) is 27.3. The minimum Gasteiger partial charge on any atom is -0.456 e. The van der Waals surface area contributed by atoms with E-state index in [2.05, 4.69) is 194 Å². The Bertz CT molecular complexity index is 3040. The number of hydrogen-bond acceptors (Lipinski definition) is 1. The lowest BCUT2D eigenvalue weighted by molar-refractivity contribution is 0.442. The van der Waals surface area contributed by atoms with Crippen LogP contribution in [0.3, 0.4) is 0 Å². The van der Waals surface area contributed by atoms with Crippen molar-refractivity contribution in [2.45, 2.75) is 10.8 Å². The first-order valence-electron chi connectivity index (χ1n) is 19.3. The fraction of sp³-hybridized carbons (Fsp3) is 0.0370. The Labute approximate surface area is 319 Å². The first-order valence-corrected chi connectivity index (χ1v) is 19.3. The molecule has 1 heteroatoms. The normalized spacial score (nSPS) is 15.0. The largest absolute Gasteiger partial charge is 0.456 e. The summed E-state index contributed by atoms with van der Waals surface area (Å²) in [6, 6.07) is 72.4. The number of ether oxygens (including phenoxy) is 1. The lowest BCUT2D eigenvalue weighted by Crippen LogP contribution is -2.32. The second-order valence-corrected chi connectivity index (χ2v) is 15.4. The number of fused-ring (bicyclic) bond motifs is 21. The van der Waals surface area contributed by atoms with Crippen molar-refractivity contribution in [2.24, 2.45) is 0 Å². The Morgan fingerprint density at radius 3 is 1.38 bits per heavy atom. The van der Waals surface area contributed by atoms with Crippen molar-refractivity contribution in [3.05, 3.63) is 239 Å². The van der Waals surface area contributed by atoms with Crippen LogP contribution in [0.4, 0.5) is 0 Å². The Kier molecular flexibility index (Phi) is 5.56. The summed E-state index contributed by atoms with van der Waals surface area (Å²) in [5, 5.41) is 2.31. The van der Waals surface area contributed by atoms with Gasteiger partial charge in [0.2, 0.25) is 0 Å². The van der Waals surface area contributed by atoms with Gasteiger partial charge in [-0.3, -0.25) is 0 Å². The Morgan fingerprint density at radius 1 is 0.309 bits per heavy atom. The van der Waals surface area contributed by atoms with Gasteiger partial charge in [0.1, 0.15) is 11.5 Å². The third-order valence-corrected chi connectivity index (χ3v) is 13.2. The Hall–Kier alpha value is -6.96. The first kappa shape index (κ1) is 29.5. The third kappa shape index (κ3) is 3.42. The van der Waals surface area contributed by atoms with Crippen molar-refractivity contribution < 1.29 is 4.74 Å². The van der Waals surface area contributed by atoms with E-state index in [0.717, 1.165) is 16.9 Å². The molecule has 0 saturated carbocycles. The van der Waals surface area contributed by atoms with Crippen molar-refractivity contribution >= 4 is 10.8 Å². The summed E-state index contributed by atoms with van der Waals surface area (Å²) in [5.41, 5.74) is 19.6. The summed E-state index contributed by atoms with van der Waals surface area (Å²) in [6.07, 6.45) is 0. The van der Waals surface area contributed by atoms with E-state index in [-0.39, 0.29) is 0 Å². The molecule has 9 aromatic carbocycles. The average molecular weight is 697 g/mol. The molecule has 0 unspecified atom stereocenters. The zero-order valence-corrected chi connectivity index (χ0v) is 29.9. The van der Waals surface area contributed by atoms with Gasteiger partial charge < -0.3 is 4.74 Å². The van der Waals surface area contributed by atoms with Crippen LogP contribution in [0.1, 0.15) is 44.5 Å². The molecule has 0 amide bonds. The maximum absolute atomic E-state index is 7.13. The Morgan fingerprint density at radius 2 is 0.782 bits per heavy atom. The summed E-state index contributed by atoms with van der Waals surface area (Å²) in [7, 11) is 0. The van der Waals surface area contributed by atoms with Crippen LogP contribution in [0.2, 0.25) is 0 Å². The van der Waals surface area contributed by atoms with Gasteiger partial charge >= 0.3 is 0 Å². The van der Waals surface area contributed by atoms with Crippen LogP contribution in [-0.2, 0) is 10.8 Å². The predicted octanol–water partition coefficient (Wildman–Crippen LogP) is 13.3. The average Bonchev–Trinajstić information content (AvgIpc) is 3.84. The van der Waals surface area contributed by atoms with Gasteiger partial charge in [-0.05, 0) is 95.4 Å². The third-order valence-electron chi connectivity index (χ3n) is 13.2. The lowest BCUT2D eigenvalue weighted by atomic mass is 9.65. The number of benzene rings is 9. The van der Waals surface area contributed by atoms with Crippen LogP contribution >= 0.6 is 0 Å². The fourth-order valence-electron chi connectivity index (χ4n) is 11.2. The zero-order chi connectivity index (χ0) is 35.9. The van der Waals surface area contributed by atoms with Crippen molar-refractivity contribution in [2.75, 3.05) is 0 Å². The van der Waals surface area contributed by atoms with Crippen molar-refractivity contribution in [1.82, 2.24) is 0 Å². The molecule has 0 fully saturated rings. The molecule has 0 bridgehead atoms. The predicted molar refractivity (Wildman–Crippen MR) is 223 cm³/mol. The molecule has 3 aliphatic carbocycles. The standard InChI is InChI=1S/C54H32O/c1-2-15-36-33(14-1)28-30-48-52(36)55-50-31-29-34(32-49(50)53(48)43-23-8-3-16-37(43)38-17-4-9-24-44(38)53)35-21-13-22-42-41-20-7-12-27-47(41)54(51(35)42)45-25-10-5-18-39(45)40-19-6-11-26-46(40)54/h1-32H. The zero-order valence-electron chi connectivity index (χ0n) is 29.9. The monoisotopic (exact) mass is 696 g/mol. The molecule has 1 heterocycles. The second-order valence-electron chi connectivity index (χ2n) is 15.4. The van der Waals surface area contributed by atoms with E-state index in [0.29, 0.717) is 0 Å². The molecule has 0 saturated heterocycles. The van der Waals surface area contributed by atoms with E-state index in [1.165, 1.54) is 94.4 Å². The highest BCUT2D eigenvalue weighted by Gasteiger charge is 2.54. The van der Waals surface area contributed by atoms with Gasteiger partial charge in [-0.2, -0.15) is 0 Å². The Balaban J connectivity index is 1.14. The number of hydrogen-bond donors (Lipinski definition) is 0. The van der Waals surface area contributed by atoms with Gasteiger partial charge in [-0.15, -0.1) is 0 Å². The maximum Gasteiger partial charge on any atom is 0.140 e. The van der Waals surface area contributed by atoms with E-state index in [9.17, 15) is 0 Å². The summed E-state index contributed by atoms with van der Waals surface area (Å²) in [5.74, 6) is 1.85. The minimum absolute atomic E-state index is 0.447. The van der Waals surface area contributed by atoms with Gasteiger partial charge in [-0.25, -0.2) is 0 Å². The fourth-order valence-corrected chi connectivity index (χ4v) is 11.2. The highest BCUT2D eigenvalue weighted by Crippen LogP contribution is 2.66. The van der Waals surface area contributed by atoms with Crippen LogP contribution in [0.15, 0.2) is 194 Å². The maximum atomic E-state index is 7.13. The highest BCUT2D eigenvalue weighted by molar-refractivity contribution is 6.00. The van der Waals surface area contributed by atoms with Crippen molar-refractivity contribution in [1.29, 1.82) is 0 Å². The minimum atomic E-state index is -0.568. The summed E-state index contributed by atoms with van der Waals surface area (Å²) >= 11 is 0. The van der Waals surface area contributed by atoms with Gasteiger partial charge in [-0.1, -0.05) is 182 Å². The molecule has 0 atom stereocenters. The summed E-state index contributed by atoms with van der Waals surface area (Å²) in [4.78, 5) is 0. The van der Waals surface area contributed by atoms with Crippen molar-refractivity contribution in [3.8, 4) is 56.0 Å². The SMILES string of the molecule is c1ccc2c(c1)-c1ccccc1C21c2cc(-c3cccc4c3C3(c5ccccc5-c5ccccc53)c3ccccc3-4)ccc2Oc2c1ccc1ccccc21. The number of rotatable bonds is 1. The molecule has 9 aromatic rings. The molecule has 1 aliphatic heterocycles. The summed E-state index contributed by atoms with van der Waals surface area (Å²) < 4.78 is 7.13. The summed E-state index contributed by atoms with van der Waals surface area (Å²) in [6.45, 7) is 0. The van der Waals surface area contributed by atoms with Crippen LogP contribution in [-0.4, -0.2) is 0 Å². The van der Waals surface area contributed by atoms with Gasteiger partial charge in [0.15, 0.2) is 0 Å². The van der Waals surface area contributed by atoms with Crippen LogP contribution < -0.4 is 4.74 Å². The van der Waals surface area contributed by atoms with Gasteiger partial charge in [0, 0.05) is 16.5 Å². The quantitative estimate of drug-likeness (QED) is 0.166. The molecule has 55 heavy (non-hydrogen) atoms. The van der Waals surface area contributed by atoms with E-state index in [4.69, 9.17) is 4.74 Å². The molecule has 254 valence electrons. The molecule has 0 radical (unpaired) electrons. The van der Waals surface area contributed by atoms with Crippen LogP contribution in [0.25, 0.3) is 55.3 Å². The van der Waals surface area contributed by atoms with E-state index in [1.54, 1.807) is 0 Å². The van der Waals surface area contributed by atoms with E-state index in [1.807, 2.05) is 0 Å². The van der Waals surface area contributed by atoms with Gasteiger partial charge in [0.05, 0.1) is 10.8 Å². The molecule has 0 aromatic heterocycles. The van der Waals surface area contributed by atoms with Crippen molar-refractivity contribution in [3.63, 3.8) is 0 Å².